The molecule has 1 aliphatic rings. The van der Waals surface area contributed by atoms with Crippen molar-refractivity contribution in [3.8, 4) is 0 Å². The van der Waals surface area contributed by atoms with Gasteiger partial charge in [-0.1, -0.05) is 35.7 Å². The van der Waals surface area contributed by atoms with Crippen molar-refractivity contribution in [1.82, 2.24) is 15.5 Å². The molecular weight excluding hydrogens is 310 g/mol. The molecule has 2 atom stereocenters. The highest BCUT2D eigenvalue weighted by Gasteiger charge is 2.35. The summed E-state index contributed by atoms with van der Waals surface area (Å²) in [6, 6.07) is 2.76. The minimum atomic E-state index is -0.307. The van der Waals surface area contributed by atoms with Crippen molar-refractivity contribution in [2.75, 3.05) is 5.33 Å². The zero-order valence-corrected chi connectivity index (χ0v) is 12.5. The van der Waals surface area contributed by atoms with Crippen LogP contribution in [0.1, 0.15) is 43.1 Å². The monoisotopic (exact) mass is 327 g/mol. The van der Waals surface area contributed by atoms with Crippen LogP contribution in [0.15, 0.2) is 16.9 Å². The average Bonchev–Trinajstić information content (AvgIpc) is 2.39. The van der Waals surface area contributed by atoms with Crippen molar-refractivity contribution >= 4 is 21.8 Å². The lowest BCUT2D eigenvalue weighted by Crippen LogP contribution is -2.52. The number of aromatic amines is 1. The molecule has 1 heterocycles. The van der Waals surface area contributed by atoms with Gasteiger partial charge < -0.3 is 5.32 Å². The van der Waals surface area contributed by atoms with Gasteiger partial charge in [0.25, 0.3) is 11.5 Å². The molecule has 1 aromatic heterocycles. The molecule has 5 nitrogen and oxygen atoms in total. The number of carbonyl (C=O) groups excluding carboxylic acids is 1. The summed E-state index contributed by atoms with van der Waals surface area (Å²) in [5, 5.41) is 9.86. The van der Waals surface area contributed by atoms with Gasteiger partial charge in [-0.3, -0.25) is 9.59 Å². The predicted octanol–water partition coefficient (Wildman–Crippen LogP) is 1.84. The molecule has 1 aliphatic carbocycles. The van der Waals surface area contributed by atoms with Crippen molar-refractivity contribution < 1.29 is 4.79 Å². The number of halogens is 1. The molecule has 0 aliphatic heterocycles. The number of aromatic nitrogens is 2. The first-order valence-electron chi connectivity index (χ1n) is 6.49. The fourth-order valence-corrected chi connectivity index (χ4v) is 3.35. The lowest BCUT2D eigenvalue weighted by Gasteiger charge is -2.39. The van der Waals surface area contributed by atoms with Gasteiger partial charge in [0.05, 0.1) is 5.54 Å². The zero-order chi connectivity index (χ0) is 13.9. The molecule has 2 unspecified atom stereocenters. The maximum atomic E-state index is 12.2. The van der Waals surface area contributed by atoms with E-state index in [1.165, 1.54) is 18.6 Å². The van der Waals surface area contributed by atoms with Gasteiger partial charge in [0.2, 0.25) is 0 Å². The number of rotatable bonds is 3. The Labute approximate surface area is 120 Å². The van der Waals surface area contributed by atoms with Gasteiger partial charge in [-0.15, -0.1) is 0 Å². The summed E-state index contributed by atoms with van der Waals surface area (Å²) in [6.07, 6.45) is 4.26. The van der Waals surface area contributed by atoms with E-state index in [-0.39, 0.29) is 22.7 Å². The van der Waals surface area contributed by atoms with Gasteiger partial charge in [-0.25, -0.2) is 5.10 Å². The molecule has 1 aromatic rings. The average molecular weight is 328 g/mol. The minimum absolute atomic E-state index is 0.202. The standard InChI is InChI=1S/C13H18BrN3O2/c1-9-3-2-6-13(7-9,8-14)15-12(19)10-4-5-11(18)17-16-10/h4-5,9H,2-3,6-8H2,1H3,(H,15,19)(H,17,18). The van der Waals surface area contributed by atoms with E-state index in [2.05, 4.69) is 38.4 Å². The maximum Gasteiger partial charge on any atom is 0.272 e. The summed E-state index contributed by atoms with van der Waals surface area (Å²) in [7, 11) is 0. The summed E-state index contributed by atoms with van der Waals surface area (Å²) in [5.74, 6) is 0.375. The largest absolute Gasteiger partial charge is 0.344 e. The highest BCUT2D eigenvalue weighted by Crippen LogP contribution is 2.33. The highest BCUT2D eigenvalue weighted by molar-refractivity contribution is 9.09. The normalized spacial score (nSPS) is 26.9. The third kappa shape index (κ3) is 3.43. The lowest BCUT2D eigenvalue weighted by atomic mass is 9.77. The third-order valence-corrected chi connectivity index (χ3v) is 4.71. The second kappa shape index (κ2) is 5.86. The van der Waals surface area contributed by atoms with Crippen molar-refractivity contribution in [2.24, 2.45) is 5.92 Å². The van der Waals surface area contributed by atoms with Crippen LogP contribution >= 0.6 is 15.9 Å². The molecular formula is C13H18BrN3O2. The van der Waals surface area contributed by atoms with E-state index in [0.29, 0.717) is 5.92 Å². The third-order valence-electron chi connectivity index (χ3n) is 3.64. The smallest absolute Gasteiger partial charge is 0.272 e. The molecule has 1 amide bonds. The molecule has 1 fully saturated rings. The van der Waals surface area contributed by atoms with Crippen LogP contribution in [0.3, 0.4) is 0 Å². The first-order valence-corrected chi connectivity index (χ1v) is 7.61. The fourth-order valence-electron chi connectivity index (χ4n) is 2.70. The highest BCUT2D eigenvalue weighted by atomic mass is 79.9. The van der Waals surface area contributed by atoms with Crippen molar-refractivity contribution in [2.45, 2.75) is 38.1 Å². The van der Waals surface area contributed by atoms with E-state index in [4.69, 9.17) is 0 Å². The SMILES string of the molecule is CC1CCCC(CBr)(NC(=O)c2ccc(=O)[nH]n2)C1. The molecule has 0 bridgehead atoms. The zero-order valence-electron chi connectivity index (χ0n) is 10.9. The molecule has 0 spiro atoms. The van der Waals surface area contributed by atoms with Gasteiger partial charge in [0.15, 0.2) is 0 Å². The topological polar surface area (TPSA) is 74.8 Å². The molecule has 0 radical (unpaired) electrons. The summed E-state index contributed by atoms with van der Waals surface area (Å²) in [5.41, 5.74) is -0.261. The van der Waals surface area contributed by atoms with Crippen molar-refractivity contribution in [3.05, 3.63) is 28.2 Å². The van der Waals surface area contributed by atoms with Crippen LogP contribution in [-0.4, -0.2) is 27.0 Å². The van der Waals surface area contributed by atoms with Crippen LogP contribution in [0, 0.1) is 5.92 Å². The number of hydrogen-bond donors (Lipinski definition) is 2. The molecule has 6 heteroatoms. The number of amides is 1. The van der Waals surface area contributed by atoms with Crippen LogP contribution in [0.5, 0.6) is 0 Å². The van der Waals surface area contributed by atoms with Gasteiger partial charge in [0, 0.05) is 11.4 Å². The van der Waals surface area contributed by atoms with E-state index in [1.807, 2.05) is 0 Å². The number of carbonyl (C=O) groups is 1. The molecule has 1 saturated carbocycles. The van der Waals surface area contributed by atoms with Gasteiger partial charge in [0.1, 0.15) is 5.69 Å². The number of alkyl halides is 1. The second-order valence-corrected chi connectivity index (χ2v) is 5.94. The van der Waals surface area contributed by atoms with Crippen molar-refractivity contribution in [3.63, 3.8) is 0 Å². The van der Waals surface area contributed by atoms with Crippen LogP contribution in [0.2, 0.25) is 0 Å². The van der Waals surface area contributed by atoms with Crippen LogP contribution < -0.4 is 10.9 Å². The minimum Gasteiger partial charge on any atom is -0.344 e. The molecule has 19 heavy (non-hydrogen) atoms. The lowest BCUT2D eigenvalue weighted by molar-refractivity contribution is 0.0863. The Morgan fingerprint density at radius 3 is 3.00 bits per heavy atom. The van der Waals surface area contributed by atoms with Crippen LogP contribution in [-0.2, 0) is 0 Å². The Bertz CT molecular complexity index is 496. The Kier molecular flexibility index (Phi) is 4.39. The van der Waals surface area contributed by atoms with E-state index < -0.39 is 0 Å². The van der Waals surface area contributed by atoms with Crippen LogP contribution in [0.4, 0.5) is 0 Å². The molecule has 0 saturated heterocycles. The molecule has 0 aromatic carbocycles. The number of nitrogens with zero attached hydrogens (tertiary/aromatic N) is 1. The number of hydrogen-bond acceptors (Lipinski definition) is 3. The Hall–Kier alpha value is -1.17. The predicted molar refractivity (Wildman–Crippen MR) is 76.5 cm³/mol. The summed E-state index contributed by atoms with van der Waals surface area (Å²) in [6.45, 7) is 2.21. The van der Waals surface area contributed by atoms with Crippen molar-refractivity contribution in [1.29, 1.82) is 0 Å². The Morgan fingerprint density at radius 1 is 1.63 bits per heavy atom. The number of H-pyrrole nitrogens is 1. The van der Waals surface area contributed by atoms with E-state index in [0.717, 1.165) is 24.6 Å². The molecule has 104 valence electrons. The first kappa shape index (κ1) is 14.2. The summed E-state index contributed by atoms with van der Waals surface area (Å²) in [4.78, 5) is 23.1. The summed E-state index contributed by atoms with van der Waals surface area (Å²) >= 11 is 3.52. The first-order chi connectivity index (χ1) is 9.04. The van der Waals surface area contributed by atoms with Gasteiger partial charge in [-0.05, 0) is 24.8 Å². The maximum absolute atomic E-state index is 12.2. The number of nitrogens with one attached hydrogen (secondary N) is 2. The van der Waals surface area contributed by atoms with Gasteiger partial charge in [-0.2, -0.15) is 5.10 Å². The molecule has 2 N–H and O–H groups in total. The van der Waals surface area contributed by atoms with Crippen LogP contribution in [0.25, 0.3) is 0 Å². The van der Waals surface area contributed by atoms with E-state index in [9.17, 15) is 9.59 Å². The van der Waals surface area contributed by atoms with Gasteiger partial charge >= 0.3 is 0 Å². The summed E-state index contributed by atoms with van der Waals surface area (Å²) < 4.78 is 0. The fraction of sp³-hybridized carbons (Fsp3) is 0.615. The quantitative estimate of drug-likeness (QED) is 0.832. The van der Waals surface area contributed by atoms with E-state index >= 15 is 0 Å². The Morgan fingerprint density at radius 2 is 2.42 bits per heavy atom. The van der Waals surface area contributed by atoms with E-state index in [1.54, 1.807) is 0 Å². The Balaban J connectivity index is 2.11. The second-order valence-electron chi connectivity index (χ2n) is 5.38. The molecule has 2 rings (SSSR count).